The molecule has 0 spiro atoms. The van der Waals surface area contributed by atoms with Gasteiger partial charge in [0, 0.05) is 21.0 Å². The summed E-state index contributed by atoms with van der Waals surface area (Å²) < 4.78 is 7.57. The van der Waals surface area contributed by atoms with Crippen molar-refractivity contribution in [3.63, 3.8) is 0 Å². The van der Waals surface area contributed by atoms with Crippen molar-refractivity contribution in [1.29, 1.82) is 0 Å². The number of aryl methyl sites for hydroxylation is 1. The number of nitrogens with one attached hydrogen (secondary N) is 1. The summed E-state index contributed by atoms with van der Waals surface area (Å²) in [6.07, 6.45) is 0. The van der Waals surface area contributed by atoms with Crippen LogP contribution in [-0.4, -0.2) is 21.9 Å². The van der Waals surface area contributed by atoms with E-state index < -0.39 is 0 Å². The second-order valence-corrected chi connectivity index (χ2v) is 9.41. The molecule has 0 aliphatic carbocycles. The van der Waals surface area contributed by atoms with Crippen LogP contribution < -0.4 is 10.3 Å². The van der Waals surface area contributed by atoms with Gasteiger partial charge in [-0.25, -0.2) is 4.98 Å². The van der Waals surface area contributed by atoms with Crippen LogP contribution >= 0.6 is 27.3 Å². The molecule has 0 unspecified atom stereocenters. The number of methoxy groups -OCH3 is 1. The molecule has 0 aliphatic rings. The van der Waals surface area contributed by atoms with Crippen LogP contribution in [0.25, 0.3) is 27.6 Å². The lowest BCUT2D eigenvalue weighted by Crippen LogP contribution is -2.13. The molecule has 0 radical (unpaired) electrons. The highest BCUT2D eigenvalue weighted by molar-refractivity contribution is 9.10. The summed E-state index contributed by atoms with van der Waals surface area (Å²) in [5.74, 6) is 0.771. The smallest absolute Gasteiger partial charge is 0.301 e. The molecule has 35 heavy (non-hydrogen) atoms. The van der Waals surface area contributed by atoms with E-state index in [-0.39, 0.29) is 11.2 Å². The van der Waals surface area contributed by atoms with Crippen molar-refractivity contribution >= 4 is 38.6 Å². The van der Waals surface area contributed by atoms with Crippen LogP contribution in [0.1, 0.15) is 5.56 Å². The van der Waals surface area contributed by atoms with Crippen molar-refractivity contribution in [2.45, 2.75) is 6.92 Å². The van der Waals surface area contributed by atoms with Gasteiger partial charge in [0.1, 0.15) is 5.75 Å². The van der Waals surface area contributed by atoms with Gasteiger partial charge in [0.25, 0.3) is 0 Å². The second kappa shape index (κ2) is 9.81. The molecule has 174 valence electrons. The van der Waals surface area contributed by atoms with Gasteiger partial charge in [-0.15, -0.1) is 16.5 Å². The van der Waals surface area contributed by atoms with Crippen molar-refractivity contribution in [2.75, 3.05) is 7.11 Å². The van der Waals surface area contributed by atoms with Gasteiger partial charge in [-0.3, -0.25) is 9.89 Å². The maximum atomic E-state index is 13.5. The molecule has 0 aliphatic heterocycles. The van der Waals surface area contributed by atoms with Crippen LogP contribution in [0.3, 0.4) is 0 Å². The molecule has 0 saturated heterocycles. The number of hydrogen-bond donors (Lipinski definition) is 1. The fourth-order valence-corrected chi connectivity index (χ4v) is 4.63. The van der Waals surface area contributed by atoms with Crippen molar-refractivity contribution < 1.29 is 4.74 Å². The van der Waals surface area contributed by atoms with E-state index in [2.05, 4.69) is 36.2 Å². The van der Waals surface area contributed by atoms with Crippen LogP contribution in [0, 0.1) is 6.92 Å². The Kier molecular flexibility index (Phi) is 6.43. The maximum Gasteiger partial charge on any atom is 0.301 e. The van der Waals surface area contributed by atoms with Gasteiger partial charge in [0.2, 0.25) is 5.13 Å². The lowest BCUT2D eigenvalue weighted by Gasteiger charge is -2.00. The summed E-state index contributed by atoms with van der Waals surface area (Å²) >= 11 is 4.88. The highest BCUT2D eigenvalue weighted by Crippen LogP contribution is 2.31. The molecule has 0 saturated carbocycles. The zero-order chi connectivity index (χ0) is 24.4. The molecule has 5 aromatic rings. The zero-order valence-electron chi connectivity index (χ0n) is 18.9. The summed E-state index contributed by atoms with van der Waals surface area (Å²) in [5.41, 5.74) is 4.73. The van der Waals surface area contributed by atoms with E-state index in [9.17, 15) is 4.79 Å². The van der Waals surface area contributed by atoms with Gasteiger partial charge in [-0.1, -0.05) is 52.3 Å². The van der Waals surface area contributed by atoms with E-state index in [0.717, 1.165) is 32.6 Å². The second-order valence-electron chi connectivity index (χ2n) is 7.72. The van der Waals surface area contributed by atoms with E-state index in [0.29, 0.717) is 16.5 Å². The number of thiazole rings is 1. The Morgan fingerprint density at radius 1 is 1.00 bits per heavy atom. The SMILES string of the molecule is COc1ccc(-c2csc(-n3[nH]c(-c4ccccc4)c(N=Nc4ccc(C)c(Br)c4)c3=O)n2)cc1. The summed E-state index contributed by atoms with van der Waals surface area (Å²) in [4.78, 5) is 18.1. The number of rotatable bonds is 6. The lowest BCUT2D eigenvalue weighted by molar-refractivity contribution is 0.415. The van der Waals surface area contributed by atoms with Gasteiger partial charge < -0.3 is 4.74 Å². The molecule has 5 rings (SSSR count). The van der Waals surface area contributed by atoms with E-state index in [1.165, 1.54) is 16.0 Å². The monoisotopic (exact) mass is 545 g/mol. The van der Waals surface area contributed by atoms with Gasteiger partial charge in [-0.05, 0) is 48.9 Å². The minimum Gasteiger partial charge on any atom is -0.497 e. The van der Waals surface area contributed by atoms with Gasteiger partial charge >= 0.3 is 5.56 Å². The molecular weight excluding hydrogens is 526 g/mol. The zero-order valence-corrected chi connectivity index (χ0v) is 21.3. The minimum atomic E-state index is -0.325. The molecule has 1 N–H and O–H groups in total. The van der Waals surface area contributed by atoms with Gasteiger partial charge in [0.05, 0.1) is 24.2 Å². The predicted molar refractivity (Wildman–Crippen MR) is 143 cm³/mol. The maximum absolute atomic E-state index is 13.5. The molecule has 0 bridgehead atoms. The summed E-state index contributed by atoms with van der Waals surface area (Å²) in [7, 11) is 1.63. The van der Waals surface area contributed by atoms with E-state index in [1.807, 2.05) is 85.1 Å². The number of aromatic amines is 1. The normalized spacial score (nSPS) is 11.3. The number of benzene rings is 3. The molecule has 0 atom stereocenters. The summed E-state index contributed by atoms with van der Waals surface area (Å²) in [5, 5.41) is 14.3. The number of ether oxygens (including phenoxy) is 1. The Morgan fingerprint density at radius 3 is 2.49 bits per heavy atom. The third-order valence-corrected chi connectivity index (χ3v) is 7.10. The highest BCUT2D eigenvalue weighted by Gasteiger charge is 2.19. The molecule has 7 nitrogen and oxygen atoms in total. The molecular formula is C26H20BrN5O2S. The number of hydrogen-bond acceptors (Lipinski definition) is 6. The van der Waals surface area contributed by atoms with Crippen LogP contribution in [0.4, 0.5) is 11.4 Å². The fraction of sp³-hybridized carbons (Fsp3) is 0.0769. The van der Waals surface area contributed by atoms with Crippen molar-refractivity contribution in [2.24, 2.45) is 10.2 Å². The van der Waals surface area contributed by atoms with Crippen molar-refractivity contribution in [3.8, 4) is 33.4 Å². The molecule has 0 amide bonds. The van der Waals surface area contributed by atoms with Crippen LogP contribution in [-0.2, 0) is 0 Å². The van der Waals surface area contributed by atoms with Gasteiger partial charge in [0.15, 0.2) is 5.69 Å². The summed E-state index contributed by atoms with van der Waals surface area (Å²) in [6.45, 7) is 2.00. The Balaban J connectivity index is 1.57. The Bertz CT molecular complexity index is 1570. The van der Waals surface area contributed by atoms with Crippen LogP contribution in [0.2, 0.25) is 0 Å². The topological polar surface area (TPSA) is 84.6 Å². The average Bonchev–Trinajstić information content (AvgIpc) is 3.50. The molecule has 9 heteroatoms. The average molecular weight is 546 g/mol. The largest absolute Gasteiger partial charge is 0.497 e. The lowest BCUT2D eigenvalue weighted by atomic mass is 10.1. The number of aromatic nitrogens is 3. The standard InChI is InChI=1S/C26H20BrN5O2S/c1-16-8-11-19(14-21(16)27)29-30-24-23(18-6-4-3-5-7-18)31-32(25(24)33)26-28-22(15-35-26)17-9-12-20(34-2)13-10-17/h3-15,31H,1-2H3. The van der Waals surface area contributed by atoms with Crippen molar-refractivity contribution in [3.05, 3.63) is 98.6 Å². The highest BCUT2D eigenvalue weighted by atomic mass is 79.9. The predicted octanol–water partition coefficient (Wildman–Crippen LogP) is 7.45. The third kappa shape index (κ3) is 4.73. The van der Waals surface area contributed by atoms with E-state index in [1.54, 1.807) is 7.11 Å². The minimum absolute atomic E-state index is 0.217. The molecule has 0 fully saturated rings. The van der Waals surface area contributed by atoms with E-state index in [4.69, 9.17) is 4.74 Å². The Hall–Kier alpha value is -3.82. The van der Waals surface area contributed by atoms with Gasteiger partial charge in [-0.2, -0.15) is 9.80 Å². The summed E-state index contributed by atoms with van der Waals surface area (Å²) in [6, 6.07) is 22.9. The third-order valence-electron chi connectivity index (χ3n) is 5.42. The van der Waals surface area contributed by atoms with Crippen LogP contribution in [0.15, 0.2) is 97.7 Å². The van der Waals surface area contributed by atoms with E-state index >= 15 is 0 Å². The molecule has 3 aromatic carbocycles. The first-order chi connectivity index (χ1) is 17.0. The Morgan fingerprint density at radius 2 is 1.77 bits per heavy atom. The number of halogens is 1. The quantitative estimate of drug-likeness (QED) is 0.225. The first-order valence-electron chi connectivity index (χ1n) is 10.7. The number of H-pyrrole nitrogens is 1. The first kappa shape index (κ1) is 22.9. The Labute approximate surface area is 213 Å². The first-order valence-corrected chi connectivity index (χ1v) is 12.4. The fourth-order valence-electron chi connectivity index (χ4n) is 3.47. The van der Waals surface area contributed by atoms with Crippen molar-refractivity contribution in [1.82, 2.24) is 14.8 Å². The van der Waals surface area contributed by atoms with Crippen LogP contribution in [0.5, 0.6) is 5.75 Å². The number of nitrogens with zero attached hydrogens (tertiary/aromatic N) is 4. The number of azo groups is 1. The molecule has 2 aromatic heterocycles. The molecule has 2 heterocycles.